The van der Waals surface area contributed by atoms with Crippen molar-refractivity contribution in [3.8, 4) is 0 Å². The van der Waals surface area contributed by atoms with Gasteiger partial charge in [-0.05, 0) is 18.7 Å². The first-order valence-electron chi connectivity index (χ1n) is 7.10. The molecule has 3 heteroatoms. The van der Waals surface area contributed by atoms with Crippen LogP contribution < -0.4 is 0 Å². The summed E-state index contributed by atoms with van der Waals surface area (Å²) in [5.74, 6) is 3.45. The molecular weight excluding hydrogens is 232 g/mol. The Morgan fingerprint density at radius 1 is 0.941 bits per heavy atom. The van der Waals surface area contributed by atoms with Gasteiger partial charge in [0.15, 0.2) is 0 Å². The summed E-state index contributed by atoms with van der Waals surface area (Å²) in [5.41, 5.74) is 0. The van der Waals surface area contributed by atoms with Crippen LogP contribution in [0.3, 0.4) is 0 Å². The summed E-state index contributed by atoms with van der Waals surface area (Å²) in [6.45, 7) is 4.36. The van der Waals surface area contributed by atoms with Crippen LogP contribution in [0.25, 0.3) is 0 Å². The van der Waals surface area contributed by atoms with E-state index >= 15 is 0 Å². The van der Waals surface area contributed by atoms with Crippen molar-refractivity contribution in [3.63, 3.8) is 0 Å². The second-order valence-electron chi connectivity index (χ2n) is 5.01. The number of rotatable bonds is 11. The maximum absolute atomic E-state index is 11.7. The van der Waals surface area contributed by atoms with Crippen molar-refractivity contribution in [1.29, 1.82) is 0 Å². The molecule has 0 fully saturated rings. The molecule has 0 bridgehead atoms. The van der Waals surface area contributed by atoms with Crippen molar-refractivity contribution in [2.45, 2.75) is 83.3 Å². The molecule has 0 aliphatic carbocycles. The first kappa shape index (κ1) is 17.0. The third-order valence-electron chi connectivity index (χ3n) is 3.28. The largest absolute Gasteiger partial charge is 0.314 e. The van der Waals surface area contributed by atoms with Gasteiger partial charge in [0.25, 0.3) is 0 Å². The average molecular weight is 262 g/mol. The Bertz CT molecular complexity index is 245. The second kappa shape index (κ2) is 9.95. The predicted octanol–water partition coefficient (Wildman–Crippen LogP) is 4.49. The van der Waals surface area contributed by atoms with Gasteiger partial charge in [-0.15, -0.1) is 0 Å². The van der Waals surface area contributed by atoms with E-state index in [0.29, 0.717) is 0 Å². The average Bonchev–Trinajstić information content (AvgIpc) is 2.25. The number of unbranched alkanes of at least 4 members (excludes halogenated alkanes) is 6. The van der Waals surface area contributed by atoms with Crippen molar-refractivity contribution in [3.05, 3.63) is 0 Å². The molecule has 1 N–H and O–H groups in total. The fourth-order valence-corrected chi connectivity index (χ4v) is 3.18. The summed E-state index contributed by atoms with van der Waals surface area (Å²) in [6, 6.07) is 0. The molecule has 0 amide bonds. The van der Waals surface area contributed by atoms with E-state index in [9.17, 15) is 8.76 Å². The molecule has 0 aromatic carbocycles. The molecule has 0 spiro atoms. The molecule has 1 atom stereocenters. The van der Waals surface area contributed by atoms with E-state index in [1.54, 1.807) is 0 Å². The van der Waals surface area contributed by atoms with Crippen LogP contribution in [-0.4, -0.2) is 19.9 Å². The van der Waals surface area contributed by atoms with E-state index in [2.05, 4.69) is 19.7 Å². The van der Waals surface area contributed by atoms with E-state index in [0.717, 1.165) is 25.7 Å². The van der Waals surface area contributed by atoms with Crippen molar-refractivity contribution < 1.29 is 8.76 Å². The summed E-state index contributed by atoms with van der Waals surface area (Å²) in [5, 5.41) is -0.0868. The monoisotopic (exact) mass is 262 g/mol. The summed E-state index contributed by atoms with van der Waals surface area (Å²) >= 11 is 0. The third-order valence-corrected chi connectivity index (χ3v) is 4.79. The summed E-state index contributed by atoms with van der Waals surface area (Å²) < 4.78 is 21.3. The van der Waals surface area contributed by atoms with Crippen molar-refractivity contribution in [1.82, 2.24) is 0 Å². The zero-order valence-electron chi connectivity index (χ0n) is 11.6. The molecule has 0 aliphatic heterocycles. The molecule has 0 aromatic heterocycles. The highest BCUT2D eigenvalue weighted by atomic mass is 32.2. The maximum atomic E-state index is 11.7. The Kier molecular flexibility index (Phi) is 9.94. The summed E-state index contributed by atoms with van der Waals surface area (Å²) in [6.07, 6.45) is 11.1. The van der Waals surface area contributed by atoms with Gasteiger partial charge in [0.2, 0.25) is 0 Å². The van der Waals surface area contributed by atoms with Crippen molar-refractivity contribution >= 4 is 15.7 Å². The smallest absolute Gasteiger partial charge is 0.0775 e. The molecule has 0 saturated carbocycles. The van der Waals surface area contributed by atoms with Crippen LogP contribution >= 0.6 is 0 Å². The lowest BCUT2D eigenvalue weighted by atomic mass is 10.1. The number of hydrogen-bond acceptors (Lipinski definition) is 1. The van der Waals surface area contributed by atoms with Crippen LogP contribution in [0.15, 0.2) is 0 Å². The second-order valence-corrected chi connectivity index (χ2v) is 7.06. The van der Waals surface area contributed by atoms with Gasteiger partial charge in [-0.1, -0.05) is 65.2 Å². The Morgan fingerprint density at radius 3 is 1.65 bits per heavy atom. The topological polar surface area (TPSA) is 37.3 Å². The third kappa shape index (κ3) is 9.66. The lowest BCUT2D eigenvalue weighted by molar-refractivity contribution is 0.500. The zero-order chi connectivity index (χ0) is 13.1. The highest BCUT2D eigenvalue weighted by Gasteiger charge is 2.16. The molecule has 0 aromatic rings. The summed E-state index contributed by atoms with van der Waals surface area (Å²) in [4.78, 5) is 0. The number of hydrogen-bond donors (Lipinski definition) is 1. The molecule has 1 unspecified atom stereocenters. The van der Waals surface area contributed by atoms with Gasteiger partial charge in [0.05, 0.1) is 15.1 Å². The Labute approximate surface area is 108 Å². The van der Waals surface area contributed by atoms with E-state index in [1.165, 1.54) is 38.5 Å². The molecule has 17 heavy (non-hydrogen) atoms. The Morgan fingerprint density at radius 2 is 1.35 bits per heavy atom. The fourth-order valence-electron chi connectivity index (χ4n) is 2.11. The van der Waals surface area contributed by atoms with Crippen LogP contribution in [0.2, 0.25) is 0 Å². The predicted molar refractivity (Wildman–Crippen MR) is 79.2 cm³/mol. The maximum Gasteiger partial charge on any atom is 0.0775 e. The quantitative estimate of drug-likeness (QED) is 0.440. The molecule has 0 saturated heterocycles. The molecule has 104 valence electrons. The van der Waals surface area contributed by atoms with Gasteiger partial charge in [-0.25, -0.2) is 4.21 Å². The van der Waals surface area contributed by atoms with Gasteiger partial charge in [-0.2, -0.15) is 0 Å². The standard InChI is InChI=1S/C14H30O2S/c1-4-6-8-10-12-14(17(3,15)16)13-11-9-7-5-2/h14H,3-13H2,1-2H3,(H,15,16). The minimum Gasteiger partial charge on any atom is -0.314 e. The first-order valence-corrected chi connectivity index (χ1v) is 8.85. The van der Waals surface area contributed by atoms with E-state index in [4.69, 9.17) is 0 Å². The molecule has 0 aliphatic rings. The van der Waals surface area contributed by atoms with Crippen molar-refractivity contribution in [2.24, 2.45) is 0 Å². The van der Waals surface area contributed by atoms with Crippen LogP contribution in [0.5, 0.6) is 0 Å². The molecule has 2 nitrogen and oxygen atoms in total. The van der Waals surface area contributed by atoms with Gasteiger partial charge < -0.3 is 4.55 Å². The fraction of sp³-hybridized carbons (Fsp3) is 0.929. The van der Waals surface area contributed by atoms with Gasteiger partial charge >= 0.3 is 0 Å². The summed E-state index contributed by atoms with van der Waals surface area (Å²) in [7, 11) is -2.84. The molecule has 0 rings (SSSR count). The highest BCUT2D eigenvalue weighted by molar-refractivity contribution is 7.95. The van der Waals surface area contributed by atoms with Crippen LogP contribution in [-0.2, 0) is 9.80 Å². The Hall–Kier alpha value is -0.0200. The lowest BCUT2D eigenvalue weighted by Crippen LogP contribution is -2.20. The van der Waals surface area contributed by atoms with E-state index in [-0.39, 0.29) is 5.25 Å². The highest BCUT2D eigenvalue weighted by Crippen LogP contribution is 2.18. The van der Waals surface area contributed by atoms with E-state index in [1.807, 2.05) is 0 Å². The normalized spacial score (nSPS) is 15.1. The zero-order valence-corrected chi connectivity index (χ0v) is 12.4. The van der Waals surface area contributed by atoms with E-state index < -0.39 is 9.80 Å². The van der Waals surface area contributed by atoms with Gasteiger partial charge in [0.1, 0.15) is 0 Å². The molecule has 0 radical (unpaired) electrons. The van der Waals surface area contributed by atoms with Crippen LogP contribution in [0, 0.1) is 0 Å². The first-order chi connectivity index (χ1) is 8.02. The minimum atomic E-state index is -2.84. The van der Waals surface area contributed by atoms with Crippen LogP contribution in [0.1, 0.15) is 78.1 Å². The minimum absolute atomic E-state index is 0.0868. The van der Waals surface area contributed by atoms with Crippen molar-refractivity contribution in [2.75, 3.05) is 0 Å². The molecular formula is C14H30O2S. The molecule has 0 heterocycles. The Balaban J connectivity index is 3.90. The lowest BCUT2D eigenvalue weighted by Gasteiger charge is -2.17. The van der Waals surface area contributed by atoms with Crippen LogP contribution in [0.4, 0.5) is 0 Å². The SMILES string of the molecule is C=S(=O)(O)C(CCCCCC)CCCCCC. The van der Waals surface area contributed by atoms with Gasteiger partial charge in [0, 0.05) is 0 Å². The van der Waals surface area contributed by atoms with Gasteiger partial charge in [-0.3, -0.25) is 0 Å².